The lowest BCUT2D eigenvalue weighted by Gasteiger charge is -2.23. The van der Waals surface area contributed by atoms with Gasteiger partial charge in [0, 0.05) is 13.0 Å². The van der Waals surface area contributed by atoms with Gasteiger partial charge in [0.2, 0.25) is 5.91 Å². The third-order valence-electron chi connectivity index (χ3n) is 4.85. The van der Waals surface area contributed by atoms with Crippen LogP contribution in [-0.2, 0) is 17.6 Å². The van der Waals surface area contributed by atoms with Crippen LogP contribution in [0.25, 0.3) is 5.69 Å². The number of likely N-dealkylation sites (tertiary alicyclic amines) is 1. The van der Waals surface area contributed by atoms with Gasteiger partial charge in [-0.2, -0.15) is 5.10 Å². The monoisotopic (exact) mass is 296 g/mol. The van der Waals surface area contributed by atoms with Crippen LogP contribution in [0.4, 0.5) is 0 Å². The van der Waals surface area contributed by atoms with Crippen LogP contribution in [0.5, 0.6) is 0 Å². The molecule has 1 atom stereocenters. The molecule has 0 bridgehead atoms. The summed E-state index contributed by atoms with van der Waals surface area (Å²) in [5.41, 5.74) is 3.92. The van der Waals surface area contributed by atoms with Crippen LogP contribution in [-0.4, -0.2) is 32.1 Å². The maximum absolute atomic E-state index is 12.0. The Morgan fingerprint density at radius 3 is 2.82 bits per heavy atom. The van der Waals surface area contributed by atoms with Crippen LogP contribution in [0.1, 0.15) is 49.2 Å². The van der Waals surface area contributed by atoms with Crippen molar-refractivity contribution < 1.29 is 4.79 Å². The van der Waals surface area contributed by atoms with Crippen molar-refractivity contribution in [3.63, 3.8) is 0 Å². The molecular formula is C17H20N4O. The summed E-state index contributed by atoms with van der Waals surface area (Å²) in [7, 11) is 0. The number of amides is 1. The topological polar surface area (TPSA) is 51.0 Å². The summed E-state index contributed by atoms with van der Waals surface area (Å²) in [5, 5.41) is 4.40. The van der Waals surface area contributed by atoms with Crippen molar-refractivity contribution in [2.75, 3.05) is 6.54 Å². The number of aryl methyl sites for hydroxylation is 2. The third kappa shape index (κ3) is 2.12. The van der Waals surface area contributed by atoms with Crippen LogP contribution in [0, 0.1) is 0 Å². The number of benzene rings is 1. The summed E-state index contributed by atoms with van der Waals surface area (Å²) in [4.78, 5) is 18.3. The summed E-state index contributed by atoms with van der Waals surface area (Å²) in [6, 6.07) is 6.50. The molecule has 0 N–H and O–H groups in total. The van der Waals surface area contributed by atoms with E-state index >= 15 is 0 Å². The molecule has 2 aliphatic rings. The summed E-state index contributed by atoms with van der Waals surface area (Å²) in [6.45, 7) is 2.86. The Balaban J connectivity index is 1.69. The number of hydrogen-bond donors (Lipinski definition) is 0. The molecule has 1 aliphatic carbocycles. The smallest absolute Gasteiger partial charge is 0.223 e. The number of carbonyl (C=O) groups is 1. The molecule has 2 aromatic rings. The molecule has 1 aromatic carbocycles. The van der Waals surface area contributed by atoms with E-state index in [1.165, 1.54) is 24.0 Å². The van der Waals surface area contributed by atoms with Crippen molar-refractivity contribution >= 4 is 5.91 Å². The van der Waals surface area contributed by atoms with E-state index in [0.717, 1.165) is 30.9 Å². The predicted octanol–water partition coefficient (Wildman–Crippen LogP) is 2.44. The average molecular weight is 296 g/mol. The summed E-state index contributed by atoms with van der Waals surface area (Å²) < 4.78 is 1.88. The number of carbonyl (C=O) groups excluding carboxylic acids is 1. The second-order valence-electron chi connectivity index (χ2n) is 6.20. The fourth-order valence-electron chi connectivity index (χ4n) is 3.64. The highest BCUT2D eigenvalue weighted by atomic mass is 16.2. The van der Waals surface area contributed by atoms with Crippen LogP contribution in [0.3, 0.4) is 0 Å². The Kier molecular flexibility index (Phi) is 3.21. The molecule has 114 valence electrons. The van der Waals surface area contributed by atoms with Gasteiger partial charge in [-0.1, -0.05) is 6.07 Å². The molecule has 1 unspecified atom stereocenters. The van der Waals surface area contributed by atoms with E-state index in [1.54, 1.807) is 6.33 Å². The highest BCUT2D eigenvalue weighted by Gasteiger charge is 2.29. The summed E-state index contributed by atoms with van der Waals surface area (Å²) >= 11 is 0. The SMILES string of the molecule is CC(c1ncnn1-c1ccc2c(c1)CCC2)N1CCCC1=O. The Morgan fingerprint density at radius 2 is 2.00 bits per heavy atom. The molecule has 1 aliphatic heterocycles. The first-order valence-electron chi connectivity index (χ1n) is 8.05. The Labute approximate surface area is 130 Å². The fourth-order valence-corrected chi connectivity index (χ4v) is 3.64. The molecule has 2 heterocycles. The first-order chi connectivity index (χ1) is 10.7. The van der Waals surface area contributed by atoms with E-state index in [1.807, 2.05) is 16.5 Å². The van der Waals surface area contributed by atoms with Gasteiger partial charge in [0.05, 0.1) is 11.7 Å². The van der Waals surface area contributed by atoms with Gasteiger partial charge in [0.15, 0.2) is 5.82 Å². The lowest BCUT2D eigenvalue weighted by atomic mass is 10.1. The van der Waals surface area contributed by atoms with Gasteiger partial charge in [-0.15, -0.1) is 0 Å². The van der Waals surface area contributed by atoms with Gasteiger partial charge >= 0.3 is 0 Å². The zero-order valence-electron chi connectivity index (χ0n) is 12.8. The number of hydrogen-bond acceptors (Lipinski definition) is 3. The van der Waals surface area contributed by atoms with Crippen molar-refractivity contribution in [1.82, 2.24) is 19.7 Å². The standard InChI is InChI=1S/C17H20N4O/c1-12(20-9-3-6-16(20)22)17-18-11-19-21(17)15-8-7-13-4-2-5-14(13)10-15/h7-8,10-12H,2-6,9H2,1H3. The van der Waals surface area contributed by atoms with E-state index < -0.39 is 0 Å². The summed E-state index contributed by atoms with van der Waals surface area (Å²) in [5.74, 6) is 1.06. The molecule has 22 heavy (non-hydrogen) atoms. The lowest BCUT2D eigenvalue weighted by molar-refractivity contribution is -0.129. The minimum Gasteiger partial charge on any atom is -0.333 e. The number of fused-ring (bicyclic) bond motifs is 1. The highest BCUT2D eigenvalue weighted by Crippen LogP contribution is 2.28. The first kappa shape index (κ1) is 13.5. The van der Waals surface area contributed by atoms with E-state index in [0.29, 0.717) is 6.42 Å². The van der Waals surface area contributed by atoms with E-state index in [4.69, 9.17) is 0 Å². The van der Waals surface area contributed by atoms with Crippen LogP contribution in [0.15, 0.2) is 24.5 Å². The van der Waals surface area contributed by atoms with Crippen LogP contribution >= 0.6 is 0 Å². The molecule has 0 radical (unpaired) electrons. The molecule has 1 aromatic heterocycles. The van der Waals surface area contributed by atoms with Gasteiger partial charge in [-0.3, -0.25) is 4.79 Å². The van der Waals surface area contributed by atoms with Gasteiger partial charge in [0.25, 0.3) is 0 Å². The van der Waals surface area contributed by atoms with Gasteiger partial charge < -0.3 is 4.90 Å². The van der Waals surface area contributed by atoms with E-state index in [9.17, 15) is 4.79 Å². The quantitative estimate of drug-likeness (QED) is 0.874. The van der Waals surface area contributed by atoms with E-state index in [2.05, 4.69) is 28.3 Å². The molecule has 0 saturated carbocycles. The largest absolute Gasteiger partial charge is 0.333 e. The molecule has 1 saturated heterocycles. The normalized spacial score (nSPS) is 18.8. The van der Waals surface area contributed by atoms with E-state index in [-0.39, 0.29) is 11.9 Å². The molecule has 5 heteroatoms. The second kappa shape index (κ2) is 5.23. The van der Waals surface area contributed by atoms with Crippen molar-refractivity contribution in [2.45, 2.75) is 45.1 Å². The van der Waals surface area contributed by atoms with Gasteiger partial charge in [-0.25, -0.2) is 9.67 Å². The number of rotatable bonds is 3. The van der Waals surface area contributed by atoms with Gasteiger partial charge in [-0.05, 0) is 55.9 Å². The maximum atomic E-state index is 12.0. The predicted molar refractivity (Wildman–Crippen MR) is 82.7 cm³/mol. The summed E-state index contributed by atoms with van der Waals surface area (Å²) in [6.07, 6.45) is 6.74. The highest BCUT2D eigenvalue weighted by molar-refractivity contribution is 5.78. The molecule has 0 spiro atoms. The first-order valence-corrected chi connectivity index (χ1v) is 8.05. The minimum atomic E-state index is -0.0363. The Bertz CT molecular complexity index is 721. The average Bonchev–Trinajstić information content (AvgIpc) is 3.25. The fraction of sp³-hybridized carbons (Fsp3) is 0.471. The zero-order valence-corrected chi connectivity index (χ0v) is 12.8. The Hall–Kier alpha value is -2.17. The molecule has 1 amide bonds. The van der Waals surface area contributed by atoms with Crippen LogP contribution < -0.4 is 0 Å². The van der Waals surface area contributed by atoms with Crippen molar-refractivity contribution in [2.24, 2.45) is 0 Å². The Morgan fingerprint density at radius 1 is 1.14 bits per heavy atom. The van der Waals surface area contributed by atoms with Crippen LogP contribution in [0.2, 0.25) is 0 Å². The molecule has 1 fully saturated rings. The zero-order chi connectivity index (χ0) is 15.1. The third-order valence-corrected chi connectivity index (χ3v) is 4.85. The van der Waals surface area contributed by atoms with Crippen molar-refractivity contribution in [3.05, 3.63) is 41.5 Å². The lowest BCUT2D eigenvalue weighted by Crippen LogP contribution is -2.29. The number of nitrogens with zero attached hydrogens (tertiary/aromatic N) is 4. The second-order valence-corrected chi connectivity index (χ2v) is 6.20. The van der Waals surface area contributed by atoms with Crippen molar-refractivity contribution in [3.8, 4) is 5.69 Å². The molecular weight excluding hydrogens is 276 g/mol. The van der Waals surface area contributed by atoms with Crippen molar-refractivity contribution in [1.29, 1.82) is 0 Å². The maximum Gasteiger partial charge on any atom is 0.223 e. The molecule has 5 nitrogen and oxygen atoms in total. The number of aromatic nitrogens is 3. The molecule has 4 rings (SSSR count). The van der Waals surface area contributed by atoms with Gasteiger partial charge in [0.1, 0.15) is 6.33 Å². The minimum absolute atomic E-state index is 0.0363.